The highest BCUT2D eigenvalue weighted by molar-refractivity contribution is 7.09. The summed E-state index contributed by atoms with van der Waals surface area (Å²) in [6.45, 7) is 7.34. The van der Waals surface area contributed by atoms with Crippen LogP contribution >= 0.6 is 11.3 Å². The lowest BCUT2D eigenvalue weighted by Gasteiger charge is -2.57. The first-order valence-corrected chi connectivity index (χ1v) is 12.0. The second kappa shape index (κ2) is 7.33. The summed E-state index contributed by atoms with van der Waals surface area (Å²) < 4.78 is 0. The zero-order chi connectivity index (χ0) is 20.2. The monoisotopic (exact) mass is 407 g/mol. The molecule has 3 aliphatic rings. The quantitative estimate of drug-likeness (QED) is 0.699. The predicted molar refractivity (Wildman–Crippen MR) is 112 cm³/mol. The lowest BCUT2D eigenvalue weighted by Crippen LogP contribution is -2.54. The van der Waals surface area contributed by atoms with Crippen LogP contribution in [0.4, 0.5) is 0 Å². The van der Waals surface area contributed by atoms with E-state index < -0.39 is 5.60 Å². The molecule has 1 heterocycles. The molecule has 0 saturated heterocycles. The third-order valence-corrected chi connectivity index (χ3v) is 10.4. The van der Waals surface area contributed by atoms with E-state index in [2.05, 4.69) is 25.8 Å². The number of hydrogen-bond acceptors (Lipinski definition) is 5. The first-order chi connectivity index (χ1) is 13.3. The minimum atomic E-state index is -0.872. The number of aromatic nitrogens is 1. The number of thiazole rings is 1. The van der Waals surface area contributed by atoms with Crippen molar-refractivity contribution in [3.8, 4) is 0 Å². The van der Waals surface area contributed by atoms with Gasteiger partial charge in [0.2, 0.25) is 0 Å². The van der Waals surface area contributed by atoms with Crippen molar-refractivity contribution in [2.24, 2.45) is 40.4 Å². The van der Waals surface area contributed by atoms with Gasteiger partial charge in [0.15, 0.2) is 0 Å². The molecule has 0 aromatic carbocycles. The number of rotatable bonds is 4. The van der Waals surface area contributed by atoms with E-state index in [9.17, 15) is 15.3 Å². The summed E-state index contributed by atoms with van der Waals surface area (Å²) in [5.74, 6) is 1.91. The highest BCUT2D eigenvalue weighted by atomic mass is 32.1. The van der Waals surface area contributed by atoms with E-state index in [0.29, 0.717) is 23.7 Å². The molecular formula is C23H37NO3S. The molecule has 2 unspecified atom stereocenters. The molecule has 1 aromatic heterocycles. The van der Waals surface area contributed by atoms with Crippen LogP contribution in [0, 0.1) is 40.4 Å². The number of nitrogens with zero attached hydrogens (tertiary/aromatic N) is 1. The summed E-state index contributed by atoms with van der Waals surface area (Å²) in [6.07, 6.45) is 8.91. The highest BCUT2D eigenvalue weighted by Gasteiger charge is 2.64. The van der Waals surface area contributed by atoms with Gasteiger partial charge in [-0.3, -0.25) is 0 Å². The van der Waals surface area contributed by atoms with E-state index in [1.807, 2.05) is 5.38 Å². The van der Waals surface area contributed by atoms with Gasteiger partial charge in [0.1, 0.15) is 10.6 Å². The van der Waals surface area contributed by atoms with Crippen LogP contribution in [0.15, 0.2) is 11.6 Å². The molecule has 4 nitrogen and oxygen atoms in total. The van der Waals surface area contributed by atoms with Gasteiger partial charge in [0, 0.05) is 30.2 Å². The van der Waals surface area contributed by atoms with Gasteiger partial charge in [-0.25, -0.2) is 4.98 Å². The fourth-order valence-corrected chi connectivity index (χ4v) is 8.46. The van der Waals surface area contributed by atoms with Gasteiger partial charge in [-0.15, -0.1) is 11.3 Å². The zero-order valence-corrected chi connectivity index (χ0v) is 18.4. The van der Waals surface area contributed by atoms with Gasteiger partial charge < -0.3 is 15.3 Å². The van der Waals surface area contributed by atoms with Crippen molar-refractivity contribution in [1.82, 2.24) is 4.98 Å². The van der Waals surface area contributed by atoms with Crippen LogP contribution in [0.1, 0.15) is 70.7 Å². The maximum atomic E-state index is 11.7. The second-order valence-corrected chi connectivity index (χ2v) is 11.4. The van der Waals surface area contributed by atoms with E-state index in [1.165, 1.54) is 6.42 Å². The Morgan fingerprint density at radius 3 is 2.46 bits per heavy atom. The minimum Gasteiger partial charge on any atom is -0.396 e. The molecule has 3 saturated carbocycles. The fourth-order valence-electron chi connectivity index (χ4n) is 7.56. The molecule has 158 valence electrons. The van der Waals surface area contributed by atoms with Crippen LogP contribution in [0.2, 0.25) is 0 Å². The maximum Gasteiger partial charge on any atom is 0.125 e. The fraction of sp³-hybridized carbons (Fsp3) is 0.870. The molecule has 3 N–H and O–H groups in total. The van der Waals surface area contributed by atoms with E-state index in [0.717, 1.165) is 43.5 Å². The number of aliphatic hydroxyl groups is 3. The lowest BCUT2D eigenvalue weighted by atomic mass is 9.48. The average Bonchev–Trinajstić information content (AvgIpc) is 3.31. The summed E-state index contributed by atoms with van der Waals surface area (Å²) >= 11 is 1.56. The van der Waals surface area contributed by atoms with Crippen LogP contribution in [-0.2, 0) is 5.60 Å². The van der Waals surface area contributed by atoms with Gasteiger partial charge >= 0.3 is 0 Å². The first-order valence-electron chi connectivity index (χ1n) is 11.1. The van der Waals surface area contributed by atoms with Crippen molar-refractivity contribution in [1.29, 1.82) is 0 Å². The van der Waals surface area contributed by atoms with Crippen molar-refractivity contribution >= 4 is 11.3 Å². The van der Waals surface area contributed by atoms with Crippen LogP contribution in [0.3, 0.4) is 0 Å². The number of hydrogen-bond donors (Lipinski definition) is 3. The Hall–Kier alpha value is -0.490. The minimum absolute atomic E-state index is 0.0812. The third kappa shape index (κ3) is 2.84. The molecular weight excluding hydrogens is 370 g/mol. The molecule has 28 heavy (non-hydrogen) atoms. The van der Waals surface area contributed by atoms with E-state index >= 15 is 0 Å². The molecule has 0 aliphatic heterocycles. The molecule has 8 atom stereocenters. The highest BCUT2D eigenvalue weighted by Crippen LogP contribution is 2.67. The number of fused-ring (bicyclic) bond motifs is 1. The Kier molecular flexibility index (Phi) is 5.44. The Morgan fingerprint density at radius 1 is 1.07 bits per heavy atom. The van der Waals surface area contributed by atoms with Crippen molar-refractivity contribution < 1.29 is 15.3 Å². The molecule has 3 aliphatic carbocycles. The van der Waals surface area contributed by atoms with E-state index in [-0.39, 0.29) is 30.0 Å². The zero-order valence-electron chi connectivity index (χ0n) is 17.6. The Morgan fingerprint density at radius 2 is 1.82 bits per heavy atom. The van der Waals surface area contributed by atoms with Crippen LogP contribution in [-0.4, -0.2) is 33.5 Å². The molecule has 5 heteroatoms. The third-order valence-electron chi connectivity index (χ3n) is 9.45. The standard InChI is InChI=1S/C23H37NO3S/c1-15-4-7-21(2,16(12-15)13-25)18-5-8-22(3)19(17(18)14-26)6-9-23(22,27)20-24-10-11-28-20/h10-11,15-19,25-27H,4-9,12-14H2,1-3H3/t15-,16+,17+,18?,19?,21-,22-,23+/m0/s1. The number of aliphatic hydroxyl groups excluding tert-OH is 2. The topological polar surface area (TPSA) is 73.6 Å². The Labute approximate surface area is 173 Å². The van der Waals surface area contributed by atoms with Gasteiger partial charge in [0.05, 0.1) is 0 Å². The summed E-state index contributed by atoms with van der Waals surface area (Å²) in [6, 6.07) is 0. The largest absolute Gasteiger partial charge is 0.396 e. The van der Waals surface area contributed by atoms with Crippen LogP contribution in [0.5, 0.6) is 0 Å². The Bertz CT molecular complexity index is 681. The molecule has 3 fully saturated rings. The van der Waals surface area contributed by atoms with E-state index in [1.54, 1.807) is 17.5 Å². The lowest BCUT2D eigenvalue weighted by molar-refractivity contribution is -0.150. The molecule has 0 spiro atoms. The molecule has 0 radical (unpaired) electrons. The van der Waals surface area contributed by atoms with Gasteiger partial charge in [0.25, 0.3) is 0 Å². The van der Waals surface area contributed by atoms with E-state index in [4.69, 9.17) is 0 Å². The van der Waals surface area contributed by atoms with Crippen molar-refractivity contribution in [2.45, 2.75) is 71.3 Å². The molecule has 4 rings (SSSR count). The van der Waals surface area contributed by atoms with Gasteiger partial charge in [-0.1, -0.05) is 27.2 Å². The Balaban J connectivity index is 1.66. The summed E-state index contributed by atoms with van der Waals surface area (Å²) in [5, 5.41) is 35.2. The SMILES string of the molecule is C[C@H]1CC[C@](C)(C2CC[C@@]3(C)C(CC[C@@]3(O)c3nccs3)[C@@H]2CO)[C@@H](CO)C1. The predicted octanol–water partition coefficient (Wildman–Crippen LogP) is 4.20. The van der Waals surface area contributed by atoms with Crippen molar-refractivity contribution in [3.05, 3.63) is 16.6 Å². The van der Waals surface area contributed by atoms with Crippen molar-refractivity contribution in [2.75, 3.05) is 13.2 Å². The summed E-state index contributed by atoms with van der Waals surface area (Å²) in [4.78, 5) is 4.49. The average molecular weight is 408 g/mol. The first kappa shape index (κ1) is 20.8. The van der Waals surface area contributed by atoms with Crippen molar-refractivity contribution in [3.63, 3.8) is 0 Å². The smallest absolute Gasteiger partial charge is 0.125 e. The van der Waals surface area contributed by atoms with Gasteiger partial charge in [-0.05, 0) is 73.5 Å². The summed E-state index contributed by atoms with van der Waals surface area (Å²) in [7, 11) is 0. The van der Waals surface area contributed by atoms with Crippen LogP contribution in [0.25, 0.3) is 0 Å². The molecule has 0 bridgehead atoms. The molecule has 0 amide bonds. The van der Waals surface area contributed by atoms with Gasteiger partial charge in [-0.2, -0.15) is 0 Å². The van der Waals surface area contributed by atoms with Crippen LogP contribution < -0.4 is 0 Å². The second-order valence-electron chi connectivity index (χ2n) is 10.5. The molecule has 1 aromatic rings. The maximum absolute atomic E-state index is 11.7. The summed E-state index contributed by atoms with van der Waals surface area (Å²) in [5.41, 5.74) is -1.03. The normalized spacial score (nSPS) is 49.1.